The van der Waals surface area contributed by atoms with E-state index in [0.29, 0.717) is 6.42 Å². The first kappa shape index (κ1) is 16.9. The molecule has 0 radical (unpaired) electrons. The van der Waals surface area contributed by atoms with Gasteiger partial charge in [-0.15, -0.1) is 0 Å². The van der Waals surface area contributed by atoms with Crippen molar-refractivity contribution >= 4 is 5.97 Å². The van der Waals surface area contributed by atoms with Gasteiger partial charge in [0, 0.05) is 12.3 Å². The minimum atomic E-state index is -0.209. The maximum atomic E-state index is 11.7. The molecule has 3 heteroatoms. The van der Waals surface area contributed by atoms with E-state index in [1.54, 1.807) is 0 Å². The monoisotopic (exact) mass is 304 g/mol. The lowest BCUT2D eigenvalue weighted by Gasteiger charge is -2.32. The van der Waals surface area contributed by atoms with Gasteiger partial charge in [0.2, 0.25) is 0 Å². The summed E-state index contributed by atoms with van der Waals surface area (Å²) in [6.45, 7) is 7.99. The summed E-state index contributed by atoms with van der Waals surface area (Å²) in [5, 5.41) is 0. The van der Waals surface area contributed by atoms with Crippen LogP contribution in [-0.2, 0) is 9.53 Å². The first-order chi connectivity index (χ1) is 10.4. The first-order valence-corrected chi connectivity index (χ1v) is 8.37. The summed E-state index contributed by atoms with van der Waals surface area (Å²) < 4.78 is 11.6. The average Bonchev–Trinajstić information content (AvgIpc) is 2.46. The van der Waals surface area contributed by atoms with Crippen molar-refractivity contribution in [3.63, 3.8) is 0 Å². The van der Waals surface area contributed by atoms with E-state index in [4.69, 9.17) is 9.47 Å². The molecule has 0 bridgehead atoms. The second-order valence-corrected chi connectivity index (χ2v) is 7.06. The maximum Gasteiger partial charge on any atom is 0.305 e. The highest BCUT2D eigenvalue weighted by molar-refractivity contribution is 5.69. The molecule has 1 aliphatic rings. The highest BCUT2D eigenvalue weighted by Gasteiger charge is 2.29. The first-order valence-electron chi connectivity index (χ1n) is 8.37. The third kappa shape index (κ3) is 4.75. The molecule has 0 aromatic heterocycles. The highest BCUT2D eigenvalue weighted by atomic mass is 16.5. The number of ether oxygens (including phenoxy) is 2. The van der Waals surface area contributed by atoms with E-state index in [-0.39, 0.29) is 23.6 Å². The lowest BCUT2D eigenvalue weighted by atomic mass is 9.81. The van der Waals surface area contributed by atoms with Gasteiger partial charge in [-0.1, -0.05) is 25.5 Å². The summed E-state index contributed by atoms with van der Waals surface area (Å²) in [7, 11) is 0. The Balaban J connectivity index is 2.16. The molecule has 3 nitrogen and oxygen atoms in total. The van der Waals surface area contributed by atoms with E-state index in [0.717, 1.165) is 25.0 Å². The quantitative estimate of drug-likeness (QED) is 0.746. The molecule has 2 unspecified atom stereocenters. The Labute approximate surface area is 134 Å². The van der Waals surface area contributed by atoms with Crippen LogP contribution in [0, 0.1) is 0 Å². The number of rotatable bonds is 4. The van der Waals surface area contributed by atoms with Crippen LogP contribution in [0.1, 0.15) is 71.3 Å². The van der Waals surface area contributed by atoms with Crippen molar-refractivity contribution in [1.29, 1.82) is 0 Å². The minimum absolute atomic E-state index is 0.00564. The second-order valence-electron chi connectivity index (χ2n) is 7.06. The van der Waals surface area contributed by atoms with Crippen molar-refractivity contribution in [2.75, 3.05) is 0 Å². The third-order valence-electron chi connectivity index (χ3n) is 3.98. The number of esters is 1. The zero-order valence-corrected chi connectivity index (χ0v) is 14.2. The summed E-state index contributed by atoms with van der Waals surface area (Å²) in [6.07, 6.45) is 4.80. The van der Waals surface area contributed by atoms with Gasteiger partial charge < -0.3 is 9.47 Å². The Morgan fingerprint density at radius 3 is 2.64 bits per heavy atom. The molecular formula is C19H28O3. The van der Waals surface area contributed by atoms with Crippen LogP contribution in [0.4, 0.5) is 0 Å². The Kier molecular flexibility index (Phi) is 5.49. The zero-order valence-electron chi connectivity index (χ0n) is 14.2. The van der Waals surface area contributed by atoms with Crippen LogP contribution in [0.15, 0.2) is 24.3 Å². The molecule has 1 saturated carbocycles. The standard InChI is InChI=1S/C19H28O3/c1-5-18(20)21-17-12-7-6-11-16(17)14-9-8-10-15(13-14)22-19(2,3)4/h8-10,13,16-17H,5-7,11-12H2,1-4H3. The summed E-state index contributed by atoms with van der Waals surface area (Å²) in [4.78, 5) is 11.7. The maximum absolute atomic E-state index is 11.7. The largest absolute Gasteiger partial charge is 0.488 e. The fourth-order valence-electron chi connectivity index (χ4n) is 3.03. The Bertz CT molecular complexity index is 502. The summed E-state index contributed by atoms with van der Waals surface area (Å²) in [6, 6.07) is 8.25. The fraction of sp³-hybridized carbons (Fsp3) is 0.632. The van der Waals surface area contributed by atoms with Crippen LogP contribution in [0.25, 0.3) is 0 Å². The van der Waals surface area contributed by atoms with Crippen LogP contribution in [0.2, 0.25) is 0 Å². The van der Waals surface area contributed by atoms with E-state index < -0.39 is 0 Å². The van der Waals surface area contributed by atoms with Crippen LogP contribution in [-0.4, -0.2) is 17.7 Å². The smallest absolute Gasteiger partial charge is 0.305 e. The molecule has 0 heterocycles. The van der Waals surface area contributed by atoms with E-state index >= 15 is 0 Å². The Morgan fingerprint density at radius 2 is 1.95 bits per heavy atom. The number of carbonyl (C=O) groups is 1. The molecule has 22 heavy (non-hydrogen) atoms. The van der Waals surface area contributed by atoms with Gasteiger partial charge in [0.1, 0.15) is 17.5 Å². The summed E-state index contributed by atoms with van der Waals surface area (Å²) >= 11 is 0. The topological polar surface area (TPSA) is 35.5 Å². The van der Waals surface area contributed by atoms with Gasteiger partial charge in [-0.2, -0.15) is 0 Å². The van der Waals surface area contributed by atoms with Crippen molar-refractivity contribution in [2.24, 2.45) is 0 Å². The van der Waals surface area contributed by atoms with Crippen molar-refractivity contribution in [3.8, 4) is 5.75 Å². The number of hydrogen-bond donors (Lipinski definition) is 0. The van der Waals surface area contributed by atoms with E-state index in [2.05, 4.69) is 12.1 Å². The zero-order chi connectivity index (χ0) is 16.2. The van der Waals surface area contributed by atoms with Gasteiger partial charge in [-0.3, -0.25) is 4.79 Å². The highest BCUT2D eigenvalue weighted by Crippen LogP contribution is 2.36. The molecule has 0 amide bonds. The van der Waals surface area contributed by atoms with Gasteiger partial charge in [-0.05, 0) is 57.7 Å². The molecular weight excluding hydrogens is 276 g/mol. The molecule has 0 saturated heterocycles. The molecule has 0 spiro atoms. The van der Waals surface area contributed by atoms with E-state index in [9.17, 15) is 4.79 Å². The molecule has 122 valence electrons. The molecule has 0 N–H and O–H groups in total. The third-order valence-corrected chi connectivity index (χ3v) is 3.98. The fourth-order valence-corrected chi connectivity index (χ4v) is 3.03. The van der Waals surface area contributed by atoms with Crippen molar-refractivity contribution in [1.82, 2.24) is 0 Å². The van der Waals surface area contributed by atoms with Crippen molar-refractivity contribution in [2.45, 2.75) is 77.4 Å². The van der Waals surface area contributed by atoms with Gasteiger partial charge in [0.15, 0.2) is 0 Å². The van der Waals surface area contributed by atoms with Gasteiger partial charge in [0.25, 0.3) is 0 Å². The molecule has 0 aliphatic heterocycles. The summed E-state index contributed by atoms with van der Waals surface area (Å²) in [5.41, 5.74) is 1.01. The minimum Gasteiger partial charge on any atom is -0.488 e. The van der Waals surface area contributed by atoms with Crippen LogP contribution in [0.5, 0.6) is 5.75 Å². The van der Waals surface area contributed by atoms with Crippen LogP contribution in [0.3, 0.4) is 0 Å². The van der Waals surface area contributed by atoms with Crippen molar-refractivity contribution < 1.29 is 14.3 Å². The molecule has 2 rings (SSSR count). The van der Waals surface area contributed by atoms with Gasteiger partial charge in [0.05, 0.1) is 0 Å². The number of carbonyl (C=O) groups excluding carboxylic acids is 1. The lowest BCUT2D eigenvalue weighted by Crippen LogP contribution is -2.28. The van der Waals surface area contributed by atoms with Gasteiger partial charge in [-0.25, -0.2) is 0 Å². The molecule has 1 aromatic carbocycles. The Hall–Kier alpha value is -1.51. The Morgan fingerprint density at radius 1 is 1.23 bits per heavy atom. The van der Waals surface area contributed by atoms with Gasteiger partial charge >= 0.3 is 5.97 Å². The molecule has 1 aliphatic carbocycles. The average molecular weight is 304 g/mol. The summed E-state index contributed by atoms with van der Waals surface area (Å²) in [5.74, 6) is 1.07. The predicted octanol–water partition coefficient (Wildman–Crippen LogP) is 4.84. The molecule has 2 atom stereocenters. The van der Waals surface area contributed by atoms with Crippen LogP contribution >= 0.6 is 0 Å². The SMILES string of the molecule is CCC(=O)OC1CCCCC1c1cccc(OC(C)(C)C)c1. The number of hydrogen-bond acceptors (Lipinski definition) is 3. The van der Waals surface area contributed by atoms with E-state index in [1.165, 1.54) is 12.0 Å². The van der Waals surface area contributed by atoms with Crippen molar-refractivity contribution in [3.05, 3.63) is 29.8 Å². The number of benzene rings is 1. The molecule has 1 aromatic rings. The second kappa shape index (κ2) is 7.17. The lowest BCUT2D eigenvalue weighted by molar-refractivity contribution is -0.151. The molecule has 1 fully saturated rings. The normalized spacial score (nSPS) is 22.2. The predicted molar refractivity (Wildman–Crippen MR) is 88.2 cm³/mol. The van der Waals surface area contributed by atoms with E-state index in [1.807, 2.05) is 39.8 Å². The van der Waals surface area contributed by atoms with Crippen LogP contribution < -0.4 is 4.74 Å².